The van der Waals surface area contributed by atoms with Crippen molar-refractivity contribution in [2.75, 3.05) is 13.6 Å². The Morgan fingerprint density at radius 3 is 2.61 bits per heavy atom. The van der Waals surface area contributed by atoms with Crippen LogP contribution in [0.2, 0.25) is 0 Å². The number of carbonyl (C=O) groups is 1. The van der Waals surface area contributed by atoms with Crippen LogP contribution in [0.25, 0.3) is 0 Å². The van der Waals surface area contributed by atoms with Crippen LogP contribution in [-0.4, -0.2) is 19.5 Å². The molecule has 1 aromatic rings. The van der Waals surface area contributed by atoms with Gasteiger partial charge in [0.2, 0.25) is 5.91 Å². The maximum absolute atomic E-state index is 12.9. The highest BCUT2D eigenvalue weighted by Gasteiger charge is 2.31. The smallest absolute Gasteiger partial charge is 0.221 e. The molecule has 4 heteroatoms. The topological polar surface area (TPSA) is 41.1 Å². The normalized spacial score (nSPS) is 16.3. The molecule has 1 atom stereocenters. The Balaban J connectivity index is 1.92. The van der Waals surface area contributed by atoms with Gasteiger partial charge in [0.25, 0.3) is 0 Å². The van der Waals surface area contributed by atoms with Gasteiger partial charge in [0.15, 0.2) is 0 Å². The summed E-state index contributed by atoms with van der Waals surface area (Å²) in [7, 11) is 1.64. The van der Waals surface area contributed by atoms with E-state index >= 15 is 0 Å². The van der Waals surface area contributed by atoms with Crippen molar-refractivity contribution in [3.05, 3.63) is 35.6 Å². The van der Waals surface area contributed by atoms with Crippen LogP contribution in [-0.2, 0) is 4.79 Å². The monoisotopic (exact) mass is 250 g/mol. The quantitative estimate of drug-likeness (QED) is 0.811. The summed E-state index contributed by atoms with van der Waals surface area (Å²) >= 11 is 0. The van der Waals surface area contributed by atoms with Gasteiger partial charge in [0.1, 0.15) is 5.82 Å². The molecule has 18 heavy (non-hydrogen) atoms. The molecule has 0 aromatic heterocycles. The molecule has 0 spiro atoms. The summed E-state index contributed by atoms with van der Waals surface area (Å²) in [6, 6.07) is 6.88. The second kappa shape index (κ2) is 5.96. The maximum Gasteiger partial charge on any atom is 0.221 e. The van der Waals surface area contributed by atoms with Crippen molar-refractivity contribution in [3.63, 3.8) is 0 Å². The van der Waals surface area contributed by atoms with Crippen molar-refractivity contribution in [2.45, 2.75) is 25.3 Å². The van der Waals surface area contributed by atoms with Gasteiger partial charge in [-0.15, -0.1) is 0 Å². The van der Waals surface area contributed by atoms with E-state index in [1.165, 1.54) is 25.0 Å². The number of nitrogens with one attached hydrogen (secondary N) is 2. The molecule has 1 saturated carbocycles. The van der Waals surface area contributed by atoms with E-state index in [1.807, 2.05) is 12.1 Å². The Labute approximate surface area is 107 Å². The second-order valence-electron chi connectivity index (χ2n) is 4.74. The molecule has 0 aliphatic heterocycles. The predicted molar refractivity (Wildman–Crippen MR) is 68.6 cm³/mol. The molecule has 98 valence electrons. The van der Waals surface area contributed by atoms with Crippen LogP contribution in [0.3, 0.4) is 0 Å². The number of rotatable bonds is 6. The highest BCUT2D eigenvalue weighted by Crippen LogP contribution is 2.40. The van der Waals surface area contributed by atoms with Crippen LogP contribution < -0.4 is 10.6 Å². The molecule has 0 saturated heterocycles. The molecule has 1 fully saturated rings. The van der Waals surface area contributed by atoms with E-state index in [-0.39, 0.29) is 17.8 Å². The molecule has 1 amide bonds. The first-order valence-corrected chi connectivity index (χ1v) is 6.40. The zero-order chi connectivity index (χ0) is 13.0. The highest BCUT2D eigenvalue weighted by atomic mass is 19.1. The SMILES string of the molecule is CNC(=O)CCNC(c1ccc(F)cc1)C1CC1. The summed E-state index contributed by atoms with van der Waals surface area (Å²) in [5.41, 5.74) is 1.11. The van der Waals surface area contributed by atoms with E-state index in [9.17, 15) is 9.18 Å². The summed E-state index contributed by atoms with van der Waals surface area (Å²) in [4.78, 5) is 11.2. The van der Waals surface area contributed by atoms with Gasteiger partial charge in [-0.2, -0.15) is 0 Å². The summed E-state index contributed by atoms with van der Waals surface area (Å²) < 4.78 is 12.9. The van der Waals surface area contributed by atoms with Crippen LogP contribution >= 0.6 is 0 Å². The molecule has 2 rings (SSSR count). The van der Waals surface area contributed by atoms with Gasteiger partial charge in [-0.25, -0.2) is 4.39 Å². The zero-order valence-corrected chi connectivity index (χ0v) is 10.6. The van der Waals surface area contributed by atoms with Crippen LogP contribution in [0.1, 0.15) is 30.9 Å². The summed E-state index contributed by atoms with van der Waals surface area (Å²) in [6.45, 7) is 0.651. The molecular weight excluding hydrogens is 231 g/mol. The van der Waals surface area contributed by atoms with E-state index in [1.54, 1.807) is 7.05 Å². The second-order valence-corrected chi connectivity index (χ2v) is 4.74. The standard InChI is InChI=1S/C14H19FN2O/c1-16-13(18)8-9-17-14(10-2-3-10)11-4-6-12(15)7-5-11/h4-7,10,14,17H,2-3,8-9H2,1H3,(H,16,18). The Morgan fingerprint density at radius 1 is 1.39 bits per heavy atom. The zero-order valence-electron chi connectivity index (χ0n) is 10.6. The van der Waals surface area contributed by atoms with Crippen LogP contribution in [0.15, 0.2) is 24.3 Å². The Hall–Kier alpha value is -1.42. The van der Waals surface area contributed by atoms with Crippen molar-refractivity contribution in [1.29, 1.82) is 0 Å². The lowest BCUT2D eigenvalue weighted by Gasteiger charge is -2.18. The Bertz CT molecular complexity index is 401. The van der Waals surface area contributed by atoms with Crippen molar-refractivity contribution in [1.82, 2.24) is 10.6 Å². The van der Waals surface area contributed by atoms with Crippen molar-refractivity contribution in [3.8, 4) is 0 Å². The number of hydrogen-bond donors (Lipinski definition) is 2. The fraction of sp³-hybridized carbons (Fsp3) is 0.500. The first kappa shape index (κ1) is 13.0. The number of amides is 1. The van der Waals surface area contributed by atoms with Crippen LogP contribution in [0.4, 0.5) is 4.39 Å². The molecule has 1 aliphatic carbocycles. The maximum atomic E-state index is 12.9. The molecule has 0 heterocycles. The van der Waals surface area contributed by atoms with Gasteiger partial charge in [-0.3, -0.25) is 4.79 Å². The molecule has 1 aliphatic rings. The number of hydrogen-bond acceptors (Lipinski definition) is 2. The molecule has 2 N–H and O–H groups in total. The molecule has 1 aromatic carbocycles. The van der Waals surface area contributed by atoms with Crippen LogP contribution in [0, 0.1) is 11.7 Å². The summed E-state index contributed by atoms with van der Waals surface area (Å²) in [6.07, 6.45) is 2.88. The third-order valence-corrected chi connectivity index (χ3v) is 3.32. The third kappa shape index (κ3) is 3.53. The van der Waals surface area contributed by atoms with Gasteiger partial charge in [-0.1, -0.05) is 12.1 Å². The van der Waals surface area contributed by atoms with Crippen LogP contribution in [0.5, 0.6) is 0 Å². The fourth-order valence-electron chi connectivity index (χ4n) is 2.12. The number of carbonyl (C=O) groups excluding carboxylic acids is 1. The minimum Gasteiger partial charge on any atom is -0.359 e. The lowest BCUT2D eigenvalue weighted by Crippen LogP contribution is -2.28. The van der Waals surface area contributed by atoms with Gasteiger partial charge in [-0.05, 0) is 36.5 Å². The molecule has 3 nitrogen and oxygen atoms in total. The summed E-state index contributed by atoms with van der Waals surface area (Å²) in [5.74, 6) is 0.454. The fourth-order valence-corrected chi connectivity index (χ4v) is 2.12. The van der Waals surface area contributed by atoms with Gasteiger partial charge < -0.3 is 10.6 Å². The van der Waals surface area contributed by atoms with Crippen molar-refractivity contribution >= 4 is 5.91 Å². The minimum absolute atomic E-state index is 0.0381. The van der Waals surface area contributed by atoms with Gasteiger partial charge in [0.05, 0.1) is 0 Å². The highest BCUT2D eigenvalue weighted by molar-refractivity contribution is 5.75. The molecular formula is C14H19FN2O. The Morgan fingerprint density at radius 2 is 2.06 bits per heavy atom. The largest absolute Gasteiger partial charge is 0.359 e. The van der Waals surface area contributed by atoms with E-state index in [0.29, 0.717) is 18.9 Å². The lowest BCUT2D eigenvalue weighted by atomic mass is 10.0. The average molecular weight is 250 g/mol. The first-order valence-electron chi connectivity index (χ1n) is 6.40. The van der Waals surface area contributed by atoms with E-state index in [4.69, 9.17) is 0 Å². The van der Waals surface area contributed by atoms with Gasteiger partial charge in [0, 0.05) is 26.1 Å². The van der Waals surface area contributed by atoms with Crippen molar-refractivity contribution < 1.29 is 9.18 Å². The van der Waals surface area contributed by atoms with Crippen molar-refractivity contribution in [2.24, 2.45) is 5.92 Å². The Kier molecular flexibility index (Phi) is 4.31. The lowest BCUT2D eigenvalue weighted by molar-refractivity contribution is -0.120. The molecule has 1 unspecified atom stereocenters. The van der Waals surface area contributed by atoms with Gasteiger partial charge >= 0.3 is 0 Å². The predicted octanol–water partition coefficient (Wildman–Crippen LogP) is 2.00. The third-order valence-electron chi connectivity index (χ3n) is 3.32. The van der Waals surface area contributed by atoms with E-state index < -0.39 is 0 Å². The number of halogens is 1. The van der Waals surface area contributed by atoms with E-state index in [2.05, 4.69) is 10.6 Å². The molecule has 0 bridgehead atoms. The summed E-state index contributed by atoms with van der Waals surface area (Å²) in [5, 5.41) is 6.00. The first-order chi connectivity index (χ1) is 8.70. The average Bonchev–Trinajstić information content (AvgIpc) is 3.20. The molecule has 0 radical (unpaired) electrons. The minimum atomic E-state index is -0.210. The number of benzene rings is 1. The van der Waals surface area contributed by atoms with E-state index in [0.717, 1.165) is 5.56 Å².